The number of amides is 2. The van der Waals surface area contributed by atoms with Crippen LogP contribution in [0.4, 0.5) is 5.69 Å². The molecule has 0 atom stereocenters. The van der Waals surface area contributed by atoms with Gasteiger partial charge in [0.05, 0.1) is 11.5 Å². The number of carbonyl (C=O) groups excluding carboxylic acids is 2. The van der Waals surface area contributed by atoms with Crippen LogP contribution in [0.25, 0.3) is 0 Å². The quantitative estimate of drug-likeness (QED) is 0.302. The van der Waals surface area contributed by atoms with Crippen molar-refractivity contribution in [3.63, 3.8) is 0 Å². The van der Waals surface area contributed by atoms with Crippen molar-refractivity contribution in [2.75, 3.05) is 11.1 Å². The fraction of sp³-hybridized carbons (Fsp3) is 0.125. The standard InChI is InChI=1S/C24H21Cl2N3O2S/c1-16(28-29-23(30)15-32-14-19-6-2-3-11-22(19)26)17-7-5-10-21(13-17)27-24(31)18-8-4-9-20(25)12-18/h2-13H,14-15H2,1H3,(H,27,31)(H,29,30)/b28-16-. The van der Waals surface area contributed by atoms with Gasteiger partial charge < -0.3 is 5.32 Å². The first-order valence-corrected chi connectivity index (χ1v) is 11.6. The Bertz CT molecular complexity index is 1150. The van der Waals surface area contributed by atoms with Gasteiger partial charge in [0.25, 0.3) is 5.91 Å². The molecule has 0 unspecified atom stereocenters. The molecular formula is C24H21Cl2N3O2S. The van der Waals surface area contributed by atoms with E-state index in [4.69, 9.17) is 23.2 Å². The lowest BCUT2D eigenvalue weighted by molar-refractivity contribution is -0.118. The summed E-state index contributed by atoms with van der Waals surface area (Å²) in [6.45, 7) is 1.79. The summed E-state index contributed by atoms with van der Waals surface area (Å²) < 4.78 is 0. The molecule has 0 heterocycles. The average molecular weight is 486 g/mol. The zero-order valence-electron chi connectivity index (χ0n) is 17.3. The molecule has 3 aromatic rings. The average Bonchev–Trinajstić information content (AvgIpc) is 2.79. The van der Waals surface area contributed by atoms with Gasteiger partial charge in [0.1, 0.15) is 0 Å². The fourth-order valence-electron chi connectivity index (χ4n) is 2.77. The van der Waals surface area contributed by atoms with Crippen LogP contribution in [-0.4, -0.2) is 23.3 Å². The summed E-state index contributed by atoms with van der Waals surface area (Å²) in [4.78, 5) is 24.5. The summed E-state index contributed by atoms with van der Waals surface area (Å²) in [6, 6.07) is 21.5. The minimum Gasteiger partial charge on any atom is -0.322 e. The molecule has 0 spiro atoms. The second kappa shape index (κ2) is 11.7. The maximum absolute atomic E-state index is 12.4. The van der Waals surface area contributed by atoms with E-state index in [1.807, 2.05) is 36.4 Å². The molecule has 0 saturated heterocycles. The Morgan fingerprint density at radius 2 is 1.69 bits per heavy atom. The summed E-state index contributed by atoms with van der Waals surface area (Å²) in [7, 11) is 0. The van der Waals surface area contributed by atoms with Gasteiger partial charge in [-0.2, -0.15) is 5.10 Å². The molecule has 0 aliphatic carbocycles. The number of hydrogen-bond acceptors (Lipinski definition) is 4. The van der Waals surface area contributed by atoms with Crippen LogP contribution in [0.3, 0.4) is 0 Å². The highest BCUT2D eigenvalue weighted by molar-refractivity contribution is 7.99. The van der Waals surface area contributed by atoms with Crippen LogP contribution >= 0.6 is 35.0 Å². The molecule has 5 nitrogen and oxygen atoms in total. The first-order valence-electron chi connectivity index (χ1n) is 9.74. The van der Waals surface area contributed by atoms with Crippen LogP contribution in [0, 0.1) is 0 Å². The molecule has 0 aliphatic rings. The third kappa shape index (κ3) is 7.12. The molecule has 0 bridgehead atoms. The Morgan fingerprint density at radius 1 is 0.938 bits per heavy atom. The molecule has 0 fully saturated rings. The number of halogens is 2. The Labute approximate surface area is 201 Å². The third-order valence-corrected chi connectivity index (χ3v) is 6.01. The minimum absolute atomic E-state index is 0.202. The molecule has 32 heavy (non-hydrogen) atoms. The van der Waals surface area contributed by atoms with E-state index < -0.39 is 0 Å². The molecule has 3 rings (SSSR count). The van der Waals surface area contributed by atoms with E-state index in [2.05, 4.69) is 15.8 Å². The maximum atomic E-state index is 12.4. The van der Waals surface area contributed by atoms with Gasteiger partial charge in [-0.1, -0.05) is 59.6 Å². The monoisotopic (exact) mass is 485 g/mol. The van der Waals surface area contributed by atoms with Crippen LogP contribution in [0.2, 0.25) is 10.0 Å². The summed E-state index contributed by atoms with van der Waals surface area (Å²) in [5.74, 6) is 0.442. The Hall–Kier alpha value is -2.80. The highest BCUT2D eigenvalue weighted by Gasteiger charge is 2.08. The largest absolute Gasteiger partial charge is 0.322 e. The predicted molar refractivity (Wildman–Crippen MR) is 134 cm³/mol. The van der Waals surface area contributed by atoms with Crippen LogP contribution < -0.4 is 10.7 Å². The van der Waals surface area contributed by atoms with Crippen LogP contribution in [0.1, 0.15) is 28.4 Å². The number of thioether (sulfide) groups is 1. The maximum Gasteiger partial charge on any atom is 0.255 e. The molecule has 3 aromatic carbocycles. The molecule has 8 heteroatoms. The van der Waals surface area contributed by atoms with Crippen molar-refractivity contribution < 1.29 is 9.59 Å². The lowest BCUT2D eigenvalue weighted by Gasteiger charge is -2.08. The lowest BCUT2D eigenvalue weighted by atomic mass is 10.1. The van der Waals surface area contributed by atoms with Gasteiger partial charge in [0, 0.05) is 27.0 Å². The molecule has 0 aliphatic heterocycles. The van der Waals surface area contributed by atoms with Crippen molar-refractivity contribution in [2.45, 2.75) is 12.7 Å². The lowest BCUT2D eigenvalue weighted by Crippen LogP contribution is -2.21. The van der Waals surface area contributed by atoms with E-state index in [9.17, 15) is 9.59 Å². The zero-order chi connectivity index (χ0) is 22.9. The van der Waals surface area contributed by atoms with E-state index in [1.165, 1.54) is 11.8 Å². The van der Waals surface area contributed by atoms with Crippen molar-refractivity contribution >= 4 is 58.2 Å². The van der Waals surface area contributed by atoms with Crippen molar-refractivity contribution in [1.82, 2.24) is 5.43 Å². The number of carbonyl (C=O) groups is 2. The van der Waals surface area contributed by atoms with Crippen LogP contribution in [0.15, 0.2) is 77.9 Å². The Morgan fingerprint density at radius 3 is 2.47 bits per heavy atom. The number of anilines is 1. The van der Waals surface area contributed by atoms with Gasteiger partial charge >= 0.3 is 0 Å². The van der Waals surface area contributed by atoms with Crippen molar-refractivity contribution in [2.24, 2.45) is 5.10 Å². The van der Waals surface area contributed by atoms with Crippen LogP contribution in [0.5, 0.6) is 0 Å². The number of rotatable bonds is 8. The second-order valence-electron chi connectivity index (χ2n) is 6.86. The van der Waals surface area contributed by atoms with E-state index in [0.717, 1.165) is 11.1 Å². The fourth-order valence-corrected chi connectivity index (χ4v) is 4.06. The summed E-state index contributed by atoms with van der Waals surface area (Å²) in [6.07, 6.45) is 0. The molecule has 2 amide bonds. The van der Waals surface area contributed by atoms with Gasteiger partial charge in [-0.15, -0.1) is 11.8 Å². The smallest absolute Gasteiger partial charge is 0.255 e. The highest BCUT2D eigenvalue weighted by atomic mass is 35.5. The van der Waals surface area contributed by atoms with Crippen molar-refractivity contribution in [3.8, 4) is 0 Å². The predicted octanol–water partition coefficient (Wildman–Crippen LogP) is 6.02. The van der Waals surface area contributed by atoms with Gasteiger partial charge in [-0.25, -0.2) is 5.43 Å². The van der Waals surface area contributed by atoms with Crippen LogP contribution in [-0.2, 0) is 10.5 Å². The molecule has 0 aromatic heterocycles. The normalized spacial score (nSPS) is 11.2. The van der Waals surface area contributed by atoms with Gasteiger partial charge in [-0.3, -0.25) is 9.59 Å². The van der Waals surface area contributed by atoms with Crippen molar-refractivity contribution in [1.29, 1.82) is 0 Å². The topological polar surface area (TPSA) is 70.6 Å². The SMILES string of the molecule is C/C(=N/NC(=O)CSCc1ccccc1Cl)c1cccc(NC(=O)c2cccc(Cl)c2)c1. The molecule has 2 N–H and O–H groups in total. The molecular weight excluding hydrogens is 465 g/mol. The van der Waals surface area contributed by atoms with Gasteiger partial charge in [0.2, 0.25) is 5.91 Å². The zero-order valence-corrected chi connectivity index (χ0v) is 19.6. The van der Waals surface area contributed by atoms with Gasteiger partial charge in [-0.05, 0) is 54.4 Å². The third-order valence-electron chi connectivity index (χ3n) is 4.42. The van der Waals surface area contributed by atoms with Gasteiger partial charge in [0.15, 0.2) is 0 Å². The number of nitrogens with zero attached hydrogens (tertiary/aromatic N) is 1. The molecule has 0 saturated carbocycles. The first-order chi connectivity index (χ1) is 15.4. The first kappa shape index (κ1) is 23.9. The summed E-state index contributed by atoms with van der Waals surface area (Å²) in [5.41, 5.74) is 6.03. The second-order valence-corrected chi connectivity index (χ2v) is 8.69. The van der Waals surface area contributed by atoms with E-state index in [0.29, 0.717) is 32.8 Å². The number of benzene rings is 3. The Kier molecular flexibility index (Phi) is 8.73. The number of nitrogens with one attached hydrogen (secondary N) is 2. The minimum atomic E-state index is -0.261. The summed E-state index contributed by atoms with van der Waals surface area (Å²) in [5, 5.41) is 8.20. The molecule has 164 valence electrons. The summed E-state index contributed by atoms with van der Waals surface area (Å²) >= 11 is 13.5. The number of hydrogen-bond donors (Lipinski definition) is 2. The molecule has 0 radical (unpaired) electrons. The Balaban J connectivity index is 1.54. The van der Waals surface area contributed by atoms with Crippen molar-refractivity contribution in [3.05, 3.63) is 99.5 Å². The highest BCUT2D eigenvalue weighted by Crippen LogP contribution is 2.20. The van der Waals surface area contributed by atoms with E-state index in [-0.39, 0.29) is 17.6 Å². The van der Waals surface area contributed by atoms with E-state index >= 15 is 0 Å². The van der Waals surface area contributed by atoms with E-state index in [1.54, 1.807) is 43.3 Å². The number of hydrazone groups is 1.